The van der Waals surface area contributed by atoms with Crippen LogP contribution in [0.1, 0.15) is 25.8 Å². The minimum atomic E-state index is -3.66. The smallest absolute Gasteiger partial charge is 0.238 e. The van der Waals surface area contributed by atoms with Gasteiger partial charge in [-0.05, 0) is 44.9 Å². The maximum absolute atomic E-state index is 11.3. The fraction of sp³-hybridized carbons (Fsp3) is 0.538. The highest BCUT2D eigenvalue weighted by atomic mass is 32.2. The number of ether oxygens (including phenoxy) is 1. The van der Waals surface area contributed by atoms with Gasteiger partial charge in [0.15, 0.2) is 0 Å². The summed E-state index contributed by atoms with van der Waals surface area (Å²) in [5, 5.41) is 8.34. The topological polar surface area (TPSA) is 81.4 Å². The molecule has 0 aliphatic rings. The molecule has 0 aliphatic heterocycles. The molecule has 1 aromatic carbocycles. The molecule has 0 atom stereocenters. The van der Waals surface area contributed by atoms with E-state index in [1.807, 2.05) is 20.8 Å². The lowest BCUT2D eigenvalue weighted by Crippen LogP contribution is -2.26. The van der Waals surface area contributed by atoms with Crippen LogP contribution in [-0.2, 0) is 14.8 Å². The van der Waals surface area contributed by atoms with Gasteiger partial charge in [0.1, 0.15) is 0 Å². The number of methoxy groups -OCH3 is 1. The van der Waals surface area contributed by atoms with E-state index in [4.69, 9.17) is 9.88 Å². The number of aryl methyl sites for hydroxylation is 1. The summed E-state index contributed by atoms with van der Waals surface area (Å²) in [7, 11) is -1.99. The van der Waals surface area contributed by atoms with Crippen molar-refractivity contribution in [3.8, 4) is 0 Å². The van der Waals surface area contributed by atoms with E-state index in [1.165, 1.54) is 6.07 Å². The fourth-order valence-corrected chi connectivity index (χ4v) is 2.11. The Hall–Kier alpha value is -1.11. The molecule has 6 heteroatoms. The van der Waals surface area contributed by atoms with Crippen LogP contribution in [-0.4, -0.2) is 27.7 Å². The van der Waals surface area contributed by atoms with Crippen molar-refractivity contribution >= 4 is 15.7 Å². The highest BCUT2D eigenvalue weighted by Crippen LogP contribution is 2.20. The van der Waals surface area contributed by atoms with Gasteiger partial charge in [-0.1, -0.05) is 6.07 Å². The SMILES string of the molecule is COC(C)(C)CCNc1cc(S(N)(=O)=O)ccc1C. The Balaban J connectivity index is 2.79. The van der Waals surface area contributed by atoms with Crippen molar-refractivity contribution in [3.63, 3.8) is 0 Å². The standard InChI is InChI=1S/C13H22N2O3S/c1-10-5-6-11(19(14,16)17)9-12(10)15-8-7-13(2,3)18-4/h5-6,9,15H,7-8H2,1-4H3,(H2,14,16,17). The van der Waals surface area contributed by atoms with Gasteiger partial charge in [0.05, 0.1) is 10.5 Å². The van der Waals surface area contributed by atoms with Crippen LogP contribution in [0.5, 0.6) is 0 Å². The average Bonchev–Trinajstić information content (AvgIpc) is 2.30. The third-order valence-corrected chi connectivity index (χ3v) is 4.04. The number of nitrogens with one attached hydrogen (secondary N) is 1. The summed E-state index contributed by atoms with van der Waals surface area (Å²) in [6.07, 6.45) is 0.808. The summed E-state index contributed by atoms with van der Waals surface area (Å²) in [6.45, 7) is 6.61. The predicted molar refractivity (Wildman–Crippen MR) is 76.7 cm³/mol. The van der Waals surface area contributed by atoms with Crippen LogP contribution in [0.15, 0.2) is 23.1 Å². The molecule has 0 spiro atoms. The van der Waals surface area contributed by atoms with Gasteiger partial charge in [0.2, 0.25) is 10.0 Å². The van der Waals surface area contributed by atoms with E-state index in [0.717, 1.165) is 17.7 Å². The lowest BCUT2D eigenvalue weighted by atomic mass is 10.1. The van der Waals surface area contributed by atoms with Crippen molar-refractivity contribution < 1.29 is 13.2 Å². The molecule has 0 aromatic heterocycles. The Morgan fingerprint density at radius 3 is 2.53 bits per heavy atom. The first kappa shape index (κ1) is 15.9. The molecule has 0 heterocycles. The molecule has 108 valence electrons. The van der Waals surface area contributed by atoms with E-state index < -0.39 is 10.0 Å². The monoisotopic (exact) mass is 286 g/mol. The molecule has 19 heavy (non-hydrogen) atoms. The number of anilines is 1. The minimum Gasteiger partial charge on any atom is -0.385 e. The van der Waals surface area contributed by atoms with E-state index in [-0.39, 0.29) is 10.5 Å². The van der Waals surface area contributed by atoms with Gasteiger partial charge in [-0.15, -0.1) is 0 Å². The van der Waals surface area contributed by atoms with Crippen LogP contribution in [0.2, 0.25) is 0 Å². The first-order valence-electron chi connectivity index (χ1n) is 6.08. The second-order valence-corrected chi connectivity index (χ2v) is 6.72. The molecule has 5 nitrogen and oxygen atoms in total. The van der Waals surface area contributed by atoms with E-state index >= 15 is 0 Å². The normalized spacial score (nSPS) is 12.5. The third-order valence-electron chi connectivity index (χ3n) is 3.13. The number of hydrogen-bond acceptors (Lipinski definition) is 4. The first-order chi connectivity index (χ1) is 8.65. The molecule has 0 aliphatic carbocycles. The highest BCUT2D eigenvalue weighted by Gasteiger charge is 2.16. The molecule has 0 bridgehead atoms. The maximum Gasteiger partial charge on any atom is 0.238 e. The number of nitrogens with two attached hydrogens (primary N) is 1. The minimum absolute atomic E-state index is 0.117. The second-order valence-electron chi connectivity index (χ2n) is 5.16. The summed E-state index contributed by atoms with van der Waals surface area (Å²) in [4.78, 5) is 0.117. The van der Waals surface area contributed by atoms with Crippen LogP contribution >= 0.6 is 0 Å². The molecule has 0 saturated carbocycles. The van der Waals surface area contributed by atoms with Gasteiger partial charge < -0.3 is 10.1 Å². The van der Waals surface area contributed by atoms with Gasteiger partial charge in [0, 0.05) is 19.3 Å². The molecule has 0 unspecified atom stereocenters. The highest BCUT2D eigenvalue weighted by molar-refractivity contribution is 7.89. The largest absolute Gasteiger partial charge is 0.385 e. The van der Waals surface area contributed by atoms with Crippen molar-refractivity contribution in [3.05, 3.63) is 23.8 Å². The maximum atomic E-state index is 11.3. The first-order valence-corrected chi connectivity index (χ1v) is 7.63. The predicted octanol–water partition coefficient (Wildman–Crippen LogP) is 1.87. The average molecular weight is 286 g/mol. The molecule has 1 aromatic rings. The fourth-order valence-electron chi connectivity index (χ4n) is 1.57. The number of primary sulfonamides is 1. The van der Waals surface area contributed by atoms with Crippen LogP contribution < -0.4 is 10.5 Å². The van der Waals surface area contributed by atoms with Crippen molar-refractivity contribution in [1.82, 2.24) is 0 Å². The summed E-state index contributed by atoms with van der Waals surface area (Å²) >= 11 is 0. The van der Waals surface area contributed by atoms with Crippen LogP contribution in [0.3, 0.4) is 0 Å². The molecule has 0 amide bonds. The van der Waals surface area contributed by atoms with Gasteiger partial charge in [-0.3, -0.25) is 0 Å². The zero-order valence-electron chi connectivity index (χ0n) is 11.9. The summed E-state index contributed by atoms with van der Waals surface area (Å²) < 4.78 is 27.9. The Morgan fingerprint density at radius 1 is 1.37 bits per heavy atom. The molecular formula is C13H22N2O3S. The van der Waals surface area contributed by atoms with Crippen LogP contribution in [0.25, 0.3) is 0 Å². The molecule has 0 saturated heterocycles. The lowest BCUT2D eigenvalue weighted by Gasteiger charge is -2.23. The summed E-state index contributed by atoms with van der Waals surface area (Å²) in [5.74, 6) is 0. The van der Waals surface area contributed by atoms with Gasteiger partial charge in [0.25, 0.3) is 0 Å². The second kappa shape index (κ2) is 5.90. The summed E-state index contributed by atoms with van der Waals surface area (Å²) in [5.41, 5.74) is 1.54. The Kier molecular flexibility index (Phi) is 4.95. The van der Waals surface area contributed by atoms with Crippen LogP contribution in [0, 0.1) is 6.92 Å². The van der Waals surface area contributed by atoms with E-state index in [0.29, 0.717) is 6.54 Å². The Labute approximate surface area is 115 Å². The van der Waals surface area contributed by atoms with E-state index in [1.54, 1.807) is 19.2 Å². The van der Waals surface area contributed by atoms with E-state index in [2.05, 4.69) is 5.32 Å². The van der Waals surface area contributed by atoms with Gasteiger partial charge in [-0.25, -0.2) is 13.6 Å². The van der Waals surface area contributed by atoms with Crippen molar-refractivity contribution in [2.24, 2.45) is 5.14 Å². The molecule has 0 fully saturated rings. The van der Waals surface area contributed by atoms with Crippen LogP contribution in [0.4, 0.5) is 5.69 Å². The third kappa shape index (κ3) is 4.81. The molecule has 1 rings (SSSR count). The molecule has 3 N–H and O–H groups in total. The zero-order valence-corrected chi connectivity index (χ0v) is 12.7. The Morgan fingerprint density at radius 2 is 2.00 bits per heavy atom. The van der Waals surface area contributed by atoms with Crippen molar-refractivity contribution in [2.45, 2.75) is 37.7 Å². The number of hydrogen-bond donors (Lipinski definition) is 2. The zero-order chi connectivity index (χ0) is 14.7. The number of benzene rings is 1. The number of rotatable bonds is 6. The van der Waals surface area contributed by atoms with Crippen molar-refractivity contribution in [2.75, 3.05) is 19.0 Å². The summed E-state index contributed by atoms with van der Waals surface area (Å²) in [6, 6.07) is 4.81. The molecular weight excluding hydrogens is 264 g/mol. The lowest BCUT2D eigenvalue weighted by molar-refractivity contribution is 0.0185. The quantitative estimate of drug-likeness (QED) is 0.836. The molecule has 0 radical (unpaired) electrons. The van der Waals surface area contributed by atoms with E-state index in [9.17, 15) is 8.42 Å². The Bertz CT molecular complexity index is 539. The van der Waals surface area contributed by atoms with Crippen molar-refractivity contribution in [1.29, 1.82) is 0 Å². The van der Waals surface area contributed by atoms with Gasteiger partial charge in [-0.2, -0.15) is 0 Å². The number of sulfonamides is 1. The van der Waals surface area contributed by atoms with Gasteiger partial charge >= 0.3 is 0 Å².